The van der Waals surface area contributed by atoms with E-state index in [2.05, 4.69) is 0 Å². The van der Waals surface area contributed by atoms with Gasteiger partial charge < -0.3 is 5.11 Å². The van der Waals surface area contributed by atoms with Gasteiger partial charge in [0.25, 0.3) is 0 Å². The van der Waals surface area contributed by atoms with Crippen molar-refractivity contribution in [1.29, 1.82) is 0 Å². The highest BCUT2D eigenvalue weighted by atomic mass is 32.2. The molecule has 0 bridgehead atoms. The number of rotatable bonds is 1. The van der Waals surface area contributed by atoms with E-state index in [1.165, 1.54) is 0 Å². The Morgan fingerprint density at radius 3 is 2.36 bits per heavy atom. The van der Waals surface area contributed by atoms with E-state index in [4.69, 9.17) is 0 Å². The molecule has 1 saturated heterocycles. The Morgan fingerprint density at radius 2 is 1.79 bits per heavy atom. The normalized spacial score (nSPS) is 35.6. The number of aliphatic hydroxyl groups is 1. The van der Waals surface area contributed by atoms with Crippen LogP contribution in [0.15, 0.2) is 0 Å². The lowest BCUT2D eigenvalue weighted by atomic mass is 9.84. The van der Waals surface area contributed by atoms with Crippen LogP contribution in [0.5, 0.6) is 0 Å². The summed E-state index contributed by atoms with van der Waals surface area (Å²) in [5.41, 5.74) is -0.659. The third-order valence-corrected chi connectivity index (χ3v) is 5.51. The molecule has 2 aliphatic rings. The maximum Gasteiger partial charge on any atom is 0.150 e. The SMILES string of the molecule is O=S1(=O)CCCC(C2(O)CCCC2)C1. The van der Waals surface area contributed by atoms with Crippen molar-refractivity contribution < 1.29 is 13.5 Å². The van der Waals surface area contributed by atoms with Crippen LogP contribution in [-0.4, -0.2) is 30.6 Å². The second-order valence-corrected chi connectivity index (χ2v) is 6.99. The summed E-state index contributed by atoms with van der Waals surface area (Å²) in [6, 6.07) is 0. The van der Waals surface area contributed by atoms with Gasteiger partial charge >= 0.3 is 0 Å². The van der Waals surface area contributed by atoms with Gasteiger partial charge in [0.15, 0.2) is 9.84 Å². The third kappa shape index (κ3) is 1.96. The van der Waals surface area contributed by atoms with Crippen LogP contribution in [-0.2, 0) is 9.84 Å². The minimum absolute atomic E-state index is 0.00347. The Morgan fingerprint density at radius 1 is 1.14 bits per heavy atom. The standard InChI is InChI=1S/C10H18O3S/c11-10(5-1-2-6-10)9-4-3-7-14(12,13)8-9/h9,11H,1-8H2. The van der Waals surface area contributed by atoms with Gasteiger partial charge in [0, 0.05) is 5.92 Å². The molecule has 0 aromatic carbocycles. The van der Waals surface area contributed by atoms with Crippen LogP contribution in [0.25, 0.3) is 0 Å². The van der Waals surface area contributed by atoms with E-state index < -0.39 is 15.4 Å². The Labute approximate surface area is 85.4 Å². The third-order valence-electron chi connectivity index (χ3n) is 3.69. The molecule has 0 aromatic heterocycles. The number of hydrogen-bond acceptors (Lipinski definition) is 3. The molecule has 1 unspecified atom stereocenters. The molecule has 0 radical (unpaired) electrons. The fourth-order valence-electron chi connectivity index (χ4n) is 2.84. The average Bonchev–Trinajstić information content (AvgIpc) is 2.52. The molecular weight excluding hydrogens is 200 g/mol. The van der Waals surface area contributed by atoms with Crippen molar-refractivity contribution in [2.75, 3.05) is 11.5 Å². The minimum Gasteiger partial charge on any atom is -0.390 e. The van der Waals surface area contributed by atoms with Gasteiger partial charge in [0.05, 0.1) is 17.1 Å². The van der Waals surface area contributed by atoms with Crippen LogP contribution in [0.1, 0.15) is 38.5 Å². The lowest BCUT2D eigenvalue weighted by Gasteiger charge is -2.35. The molecule has 1 heterocycles. The van der Waals surface area contributed by atoms with E-state index >= 15 is 0 Å². The minimum atomic E-state index is -2.87. The highest BCUT2D eigenvalue weighted by Crippen LogP contribution is 2.40. The first-order chi connectivity index (χ1) is 6.52. The summed E-state index contributed by atoms with van der Waals surface area (Å²) >= 11 is 0. The zero-order valence-corrected chi connectivity index (χ0v) is 9.22. The van der Waals surface area contributed by atoms with Gasteiger partial charge in [-0.2, -0.15) is 0 Å². The van der Waals surface area contributed by atoms with Crippen molar-refractivity contribution >= 4 is 9.84 Å². The molecule has 1 N–H and O–H groups in total. The fraction of sp³-hybridized carbons (Fsp3) is 1.00. The molecule has 2 rings (SSSR count). The monoisotopic (exact) mass is 218 g/mol. The van der Waals surface area contributed by atoms with Crippen LogP contribution in [0.2, 0.25) is 0 Å². The van der Waals surface area contributed by atoms with Gasteiger partial charge in [-0.1, -0.05) is 12.8 Å². The van der Waals surface area contributed by atoms with Gasteiger partial charge in [0.2, 0.25) is 0 Å². The largest absolute Gasteiger partial charge is 0.390 e. The zero-order valence-electron chi connectivity index (χ0n) is 8.41. The first kappa shape index (κ1) is 10.4. The smallest absolute Gasteiger partial charge is 0.150 e. The average molecular weight is 218 g/mol. The Hall–Kier alpha value is -0.0900. The predicted octanol–water partition coefficient (Wildman–Crippen LogP) is 1.12. The first-order valence-electron chi connectivity index (χ1n) is 5.45. The molecule has 1 saturated carbocycles. The Balaban J connectivity index is 2.11. The van der Waals surface area contributed by atoms with Crippen molar-refractivity contribution in [2.24, 2.45) is 5.92 Å². The lowest BCUT2D eigenvalue weighted by Crippen LogP contribution is -2.42. The molecule has 82 valence electrons. The van der Waals surface area contributed by atoms with Crippen LogP contribution < -0.4 is 0 Å². The second kappa shape index (κ2) is 3.49. The number of hydrogen-bond donors (Lipinski definition) is 1. The highest BCUT2D eigenvalue weighted by molar-refractivity contribution is 7.91. The summed E-state index contributed by atoms with van der Waals surface area (Å²) < 4.78 is 22.9. The number of sulfone groups is 1. The molecule has 0 aromatic rings. The van der Waals surface area contributed by atoms with E-state index in [1.807, 2.05) is 0 Å². The summed E-state index contributed by atoms with van der Waals surface area (Å²) in [7, 11) is -2.87. The van der Waals surface area contributed by atoms with E-state index in [-0.39, 0.29) is 11.7 Å². The van der Waals surface area contributed by atoms with Gasteiger partial charge in [-0.25, -0.2) is 8.42 Å². The molecule has 1 aliphatic carbocycles. The van der Waals surface area contributed by atoms with Crippen molar-refractivity contribution in [3.8, 4) is 0 Å². The van der Waals surface area contributed by atoms with Crippen molar-refractivity contribution in [3.05, 3.63) is 0 Å². The van der Waals surface area contributed by atoms with Crippen molar-refractivity contribution in [2.45, 2.75) is 44.1 Å². The van der Waals surface area contributed by atoms with Gasteiger partial charge in [-0.3, -0.25) is 0 Å². The van der Waals surface area contributed by atoms with Gasteiger partial charge in [-0.15, -0.1) is 0 Å². The summed E-state index contributed by atoms with van der Waals surface area (Å²) in [5, 5.41) is 10.3. The van der Waals surface area contributed by atoms with Crippen LogP contribution in [0.4, 0.5) is 0 Å². The van der Waals surface area contributed by atoms with Crippen molar-refractivity contribution in [1.82, 2.24) is 0 Å². The van der Waals surface area contributed by atoms with E-state index in [9.17, 15) is 13.5 Å². The Kier molecular flexibility index (Phi) is 2.60. The molecule has 1 atom stereocenters. The molecular formula is C10H18O3S. The second-order valence-electron chi connectivity index (χ2n) is 4.76. The summed E-state index contributed by atoms with van der Waals surface area (Å²) in [4.78, 5) is 0. The summed E-state index contributed by atoms with van der Waals surface area (Å²) in [6.45, 7) is 0. The maximum atomic E-state index is 11.4. The van der Waals surface area contributed by atoms with Crippen LogP contribution in [0, 0.1) is 5.92 Å². The van der Waals surface area contributed by atoms with Gasteiger partial charge in [-0.05, 0) is 25.7 Å². The maximum absolute atomic E-state index is 11.4. The quantitative estimate of drug-likeness (QED) is 0.717. The predicted molar refractivity (Wildman–Crippen MR) is 54.8 cm³/mol. The molecule has 3 nitrogen and oxygen atoms in total. The van der Waals surface area contributed by atoms with Crippen molar-refractivity contribution in [3.63, 3.8) is 0 Å². The lowest BCUT2D eigenvalue weighted by molar-refractivity contribution is -0.00848. The summed E-state index contributed by atoms with van der Waals surface area (Å²) in [5.74, 6) is 0.534. The molecule has 14 heavy (non-hydrogen) atoms. The highest BCUT2D eigenvalue weighted by Gasteiger charge is 2.42. The fourth-order valence-corrected chi connectivity index (χ4v) is 4.71. The molecule has 2 fully saturated rings. The van der Waals surface area contributed by atoms with E-state index in [0.29, 0.717) is 5.75 Å². The van der Waals surface area contributed by atoms with Gasteiger partial charge in [0.1, 0.15) is 0 Å². The topological polar surface area (TPSA) is 54.4 Å². The Bertz CT molecular complexity index is 301. The molecule has 4 heteroatoms. The molecule has 0 spiro atoms. The summed E-state index contributed by atoms with van der Waals surface area (Å²) in [6.07, 6.45) is 5.31. The molecule has 1 aliphatic heterocycles. The van der Waals surface area contributed by atoms with E-state index in [0.717, 1.165) is 38.5 Å². The van der Waals surface area contributed by atoms with E-state index in [1.54, 1.807) is 0 Å². The zero-order chi connectivity index (χ0) is 10.2. The van der Waals surface area contributed by atoms with Crippen LogP contribution >= 0.6 is 0 Å². The molecule has 0 amide bonds. The van der Waals surface area contributed by atoms with Crippen LogP contribution in [0.3, 0.4) is 0 Å². The first-order valence-corrected chi connectivity index (χ1v) is 7.27.